The third kappa shape index (κ3) is 3.54. The molecule has 1 amide bonds. The number of carbonyl (C=O) groups excluding carboxylic acids is 1. The van der Waals surface area contributed by atoms with Crippen molar-refractivity contribution < 1.29 is 9.53 Å². The van der Waals surface area contributed by atoms with Crippen LogP contribution in [0, 0.1) is 5.92 Å². The topological polar surface area (TPSA) is 41.6 Å². The van der Waals surface area contributed by atoms with Gasteiger partial charge < -0.3 is 15.0 Å². The lowest BCUT2D eigenvalue weighted by Crippen LogP contribution is -2.50. The Morgan fingerprint density at radius 1 is 1.30 bits per heavy atom. The average molecular weight is 280 g/mol. The number of rotatable bonds is 4. The fourth-order valence-electron chi connectivity index (χ4n) is 3.28. The Hall–Kier alpha value is -1.03. The van der Waals surface area contributed by atoms with Gasteiger partial charge >= 0.3 is 0 Å². The lowest BCUT2D eigenvalue weighted by Gasteiger charge is -2.40. The quantitative estimate of drug-likeness (QED) is 0.859. The molecule has 1 heterocycles. The minimum atomic E-state index is 0.178. The highest BCUT2D eigenvalue weighted by molar-refractivity contribution is 5.94. The molecule has 1 aliphatic carbocycles. The van der Waals surface area contributed by atoms with Crippen molar-refractivity contribution >= 4 is 5.91 Å². The van der Waals surface area contributed by atoms with Crippen LogP contribution >= 0.6 is 0 Å². The predicted molar refractivity (Wildman–Crippen MR) is 80.3 cm³/mol. The van der Waals surface area contributed by atoms with Crippen LogP contribution in [0.2, 0.25) is 0 Å². The molecule has 0 aromatic carbocycles. The third-order valence-corrected chi connectivity index (χ3v) is 4.29. The summed E-state index contributed by atoms with van der Waals surface area (Å²) in [5.41, 5.74) is 0.785. The minimum absolute atomic E-state index is 0.178. The van der Waals surface area contributed by atoms with Crippen LogP contribution in [-0.4, -0.2) is 42.6 Å². The highest BCUT2D eigenvalue weighted by Crippen LogP contribution is 2.28. The molecule has 0 aromatic rings. The fraction of sp³-hybridized carbons (Fsp3) is 0.812. The maximum Gasteiger partial charge on any atom is 0.269 e. The first-order valence-corrected chi connectivity index (χ1v) is 7.83. The standard InChI is InChI=1S/C16H28N2O2/c1-11(2)17-15-9-12(3)10-18(16(15)19)13-5-7-14(20-4)8-6-13/h9,11-14,17H,5-8,10H2,1-4H3. The van der Waals surface area contributed by atoms with Crippen LogP contribution in [0.5, 0.6) is 0 Å². The van der Waals surface area contributed by atoms with E-state index in [9.17, 15) is 4.79 Å². The Bertz CT molecular complexity index is 371. The summed E-state index contributed by atoms with van der Waals surface area (Å²) in [4.78, 5) is 14.7. The summed E-state index contributed by atoms with van der Waals surface area (Å²) in [7, 11) is 1.78. The molecule has 0 bridgehead atoms. The smallest absolute Gasteiger partial charge is 0.269 e. The van der Waals surface area contributed by atoms with Gasteiger partial charge in [-0.3, -0.25) is 4.79 Å². The zero-order valence-electron chi connectivity index (χ0n) is 13.2. The highest BCUT2D eigenvalue weighted by atomic mass is 16.5. The van der Waals surface area contributed by atoms with E-state index >= 15 is 0 Å². The molecule has 1 fully saturated rings. The van der Waals surface area contributed by atoms with E-state index in [0.717, 1.165) is 37.9 Å². The fourth-order valence-corrected chi connectivity index (χ4v) is 3.28. The maximum absolute atomic E-state index is 12.6. The van der Waals surface area contributed by atoms with Gasteiger partial charge in [0.1, 0.15) is 0 Å². The lowest BCUT2D eigenvalue weighted by molar-refractivity contribution is -0.132. The van der Waals surface area contributed by atoms with Gasteiger partial charge in [-0.05, 0) is 45.4 Å². The Labute approximate surface area is 122 Å². The van der Waals surface area contributed by atoms with E-state index in [1.54, 1.807) is 7.11 Å². The van der Waals surface area contributed by atoms with Crippen molar-refractivity contribution in [3.05, 3.63) is 11.8 Å². The van der Waals surface area contributed by atoms with Gasteiger partial charge in [0, 0.05) is 25.7 Å². The maximum atomic E-state index is 12.6. The number of hydrogen-bond donors (Lipinski definition) is 1. The lowest BCUT2D eigenvalue weighted by atomic mass is 9.90. The van der Waals surface area contributed by atoms with Crippen LogP contribution in [0.25, 0.3) is 0 Å². The Balaban J connectivity index is 2.02. The van der Waals surface area contributed by atoms with Gasteiger partial charge in [-0.2, -0.15) is 0 Å². The van der Waals surface area contributed by atoms with E-state index in [4.69, 9.17) is 4.74 Å². The highest BCUT2D eigenvalue weighted by Gasteiger charge is 2.33. The molecule has 114 valence electrons. The third-order valence-electron chi connectivity index (χ3n) is 4.29. The number of amides is 1. The first kappa shape index (κ1) is 15.4. The van der Waals surface area contributed by atoms with Crippen molar-refractivity contribution in [2.45, 2.75) is 64.6 Å². The SMILES string of the molecule is COC1CCC(N2CC(C)C=C(NC(C)C)C2=O)CC1. The predicted octanol–water partition coefficient (Wildman–Crippen LogP) is 2.30. The van der Waals surface area contributed by atoms with Gasteiger partial charge in [0.25, 0.3) is 5.91 Å². The molecule has 0 aromatic heterocycles. The van der Waals surface area contributed by atoms with E-state index in [0.29, 0.717) is 24.1 Å². The summed E-state index contributed by atoms with van der Waals surface area (Å²) in [6, 6.07) is 0.676. The summed E-state index contributed by atoms with van der Waals surface area (Å²) < 4.78 is 5.42. The zero-order valence-corrected chi connectivity index (χ0v) is 13.2. The molecule has 1 unspecified atom stereocenters. The van der Waals surface area contributed by atoms with Crippen LogP contribution < -0.4 is 5.32 Å². The molecule has 0 saturated heterocycles. The minimum Gasteiger partial charge on any atom is -0.381 e. The number of carbonyl (C=O) groups is 1. The van der Waals surface area contributed by atoms with E-state index in [-0.39, 0.29) is 5.91 Å². The molecule has 4 heteroatoms. The molecule has 2 rings (SSSR count). The summed E-state index contributed by atoms with van der Waals surface area (Å²) in [6.45, 7) is 7.18. The molecule has 4 nitrogen and oxygen atoms in total. The first-order chi connectivity index (χ1) is 9.51. The number of methoxy groups -OCH3 is 1. The second-order valence-electron chi connectivity index (χ2n) is 6.48. The van der Waals surface area contributed by atoms with E-state index in [1.165, 1.54) is 0 Å². The number of nitrogens with one attached hydrogen (secondary N) is 1. The van der Waals surface area contributed by atoms with Crippen LogP contribution in [-0.2, 0) is 9.53 Å². The molecular weight excluding hydrogens is 252 g/mol. The molecule has 0 spiro atoms. The molecular formula is C16H28N2O2. The van der Waals surface area contributed by atoms with E-state index < -0.39 is 0 Å². The molecule has 20 heavy (non-hydrogen) atoms. The van der Waals surface area contributed by atoms with Gasteiger partial charge in [-0.1, -0.05) is 13.0 Å². The van der Waals surface area contributed by atoms with Gasteiger partial charge in [0.15, 0.2) is 0 Å². The van der Waals surface area contributed by atoms with Gasteiger partial charge in [0.05, 0.1) is 11.8 Å². The first-order valence-electron chi connectivity index (χ1n) is 7.83. The average Bonchev–Trinajstić information content (AvgIpc) is 2.42. The molecule has 2 aliphatic rings. The largest absolute Gasteiger partial charge is 0.381 e. The summed E-state index contributed by atoms with van der Waals surface area (Å²) in [5.74, 6) is 0.603. The second-order valence-corrected chi connectivity index (χ2v) is 6.48. The number of ether oxygens (including phenoxy) is 1. The summed E-state index contributed by atoms with van der Waals surface area (Å²) in [6.07, 6.45) is 6.72. The summed E-state index contributed by atoms with van der Waals surface area (Å²) >= 11 is 0. The van der Waals surface area contributed by atoms with Crippen LogP contribution in [0.3, 0.4) is 0 Å². The normalized spacial score (nSPS) is 31.4. The molecule has 1 aliphatic heterocycles. The number of nitrogens with zero attached hydrogens (tertiary/aromatic N) is 1. The van der Waals surface area contributed by atoms with Crippen molar-refractivity contribution in [3.8, 4) is 0 Å². The van der Waals surface area contributed by atoms with Crippen LogP contribution in [0.15, 0.2) is 11.8 Å². The summed E-state index contributed by atoms with van der Waals surface area (Å²) in [5, 5.41) is 3.30. The Morgan fingerprint density at radius 3 is 2.50 bits per heavy atom. The van der Waals surface area contributed by atoms with Gasteiger partial charge in [-0.15, -0.1) is 0 Å². The van der Waals surface area contributed by atoms with Crippen molar-refractivity contribution in [1.82, 2.24) is 10.2 Å². The molecule has 1 N–H and O–H groups in total. The molecule has 1 atom stereocenters. The zero-order chi connectivity index (χ0) is 14.7. The monoisotopic (exact) mass is 280 g/mol. The van der Waals surface area contributed by atoms with Crippen molar-refractivity contribution in [2.24, 2.45) is 5.92 Å². The second kappa shape index (κ2) is 6.61. The van der Waals surface area contributed by atoms with Crippen LogP contribution in [0.4, 0.5) is 0 Å². The Morgan fingerprint density at radius 2 is 1.95 bits per heavy atom. The molecule has 0 radical (unpaired) electrons. The van der Waals surface area contributed by atoms with Crippen molar-refractivity contribution in [3.63, 3.8) is 0 Å². The van der Waals surface area contributed by atoms with E-state index in [1.807, 2.05) is 0 Å². The van der Waals surface area contributed by atoms with Gasteiger partial charge in [-0.25, -0.2) is 0 Å². The van der Waals surface area contributed by atoms with E-state index in [2.05, 4.69) is 37.1 Å². The van der Waals surface area contributed by atoms with Gasteiger partial charge in [0.2, 0.25) is 0 Å². The van der Waals surface area contributed by atoms with Crippen molar-refractivity contribution in [1.29, 1.82) is 0 Å². The number of hydrogen-bond acceptors (Lipinski definition) is 3. The molecule has 1 saturated carbocycles. The van der Waals surface area contributed by atoms with Crippen molar-refractivity contribution in [2.75, 3.05) is 13.7 Å². The Kier molecular flexibility index (Phi) is 5.08. The van der Waals surface area contributed by atoms with Crippen LogP contribution in [0.1, 0.15) is 46.5 Å².